The van der Waals surface area contributed by atoms with Crippen molar-refractivity contribution < 1.29 is 8.78 Å². The summed E-state index contributed by atoms with van der Waals surface area (Å²) >= 11 is 5.95. The summed E-state index contributed by atoms with van der Waals surface area (Å²) in [5.74, 6) is 0.318. The minimum absolute atomic E-state index is 0.267. The number of nitrogens with one attached hydrogen (secondary N) is 2. The lowest BCUT2D eigenvalue weighted by molar-refractivity contribution is 0.618. The number of aryl methyl sites for hydroxylation is 2. The van der Waals surface area contributed by atoms with Gasteiger partial charge in [0.05, 0.1) is 6.54 Å². The minimum atomic E-state index is -0.298. The van der Waals surface area contributed by atoms with Crippen LogP contribution in [0.3, 0.4) is 0 Å². The molecular formula is C29H25F2N5S. The van der Waals surface area contributed by atoms with Crippen molar-refractivity contribution in [2.45, 2.75) is 32.4 Å². The van der Waals surface area contributed by atoms with Crippen LogP contribution in [0.15, 0.2) is 78.9 Å². The summed E-state index contributed by atoms with van der Waals surface area (Å²) in [5.41, 5.74) is 6.80. The van der Waals surface area contributed by atoms with E-state index < -0.39 is 0 Å². The molecule has 2 aromatic heterocycles. The van der Waals surface area contributed by atoms with E-state index in [9.17, 15) is 8.78 Å². The monoisotopic (exact) mass is 513 g/mol. The fourth-order valence-electron chi connectivity index (χ4n) is 5.03. The Balaban J connectivity index is 1.47. The predicted octanol–water partition coefficient (Wildman–Crippen LogP) is 6.82. The Hall–Kier alpha value is -4.04. The lowest BCUT2D eigenvalue weighted by Crippen LogP contribution is -2.15. The van der Waals surface area contributed by atoms with Crippen molar-refractivity contribution in [2.24, 2.45) is 0 Å². The quantitative estimate of drug-likeness (QED) is 0.245. The minimum Gasteiger partial charge on any atom is -0.378 e. The van der Waals surface area contributed by atoms with E-state index in [2.05, 4.69) is 27.3 Å². The van der Waals surface area contributed by atoms with E-state index in [1.807, 2.05) is 22.7 Å². The summed E-state index contributed by atoms with van der Waals surface area (Å²) in [4.78, 5) is 0.523. The van der Waals surface area contributed by atoms with Crippen molar-refractivity contribution in [1.82, 2.24) is 14.2 Å². The van der Waals surface area contributed by atoms with Crippen LogP contribution >= 0.6 is 12.2 Å². The van der Waals surface area contributed by atoms with Gasteiger partial charge >= 0.3 is 0 Å². The smallest absolute Gasteiger partial charge is 0.150 e. The maximum absolute atomic E-state index is 13.5. The fraction of sp³-hybridized carbons (Fsp3) is 0.172. The van der Waals surface area contributed by atoms with Crippen molar-refractivity contribution in [1.29, 1.82) is 0 Å². The molecule has 0 unspecified atom stereocenters. The molecule has 1 aliphatic heterocycles. The second kappa shape index (κ2) is 9.78. The highest BCUT2D eigenvalue weighted by Crippen LogP contribution is 2.37. The molecule has 3 aromatic carbocycles. The zero-order valence-corrected chi connectivity index (χ0v) is 20.9. The largest absolute Gasteiger partial charge is 0.378 e. The zero-order chi connectivity index (χ0) is 25.4. The van der Waals surface area contributed by atoms with E-state index in [-0.39, 0.29) is 11.6 Å². The lowest BCUT2D eigenvalue weighted by Gasteiger charge is -2.12. The number of hydrogen-bond donors (Lipinski definition) is 2. The highest BCUT2D eigenvalue weighted by molar-refractivity contribution is 7.81. The highest BCUT2D eigenvalue weighted by Gasteiger charge is 2.29. The first-order chi connectivity index (χ1) is 18.1. The number of halogens is 2. The summed E-state index contributed by atoms with van der Waals surface area (Å²) in [5, 5.41) is 11.7. The van der Waals surface area contributed by atoms with Gasteiger partial charge in [0.2, 0.25) is 0 Å². The Morgan fingerprint density at radius 1 is 0.865 bits per heavy atom. The molecule has 0 radical (unpaired) electrons. The zero-order valence-electron chi connectivity index (χ0n) is 20.0. The Labute approximate surface area is 218 Å². The average molecular weight is 514 g/mol. The molecule has 0 atom stereocenters. The van der Waals surface area contributed by atoms with Crippen LogP contribution in [0.1, 0.15) is 29.9 Å². The third kappa shape index (κ3) is 4.49. The number of aromatic nitrogens is 3. The molecule has 0 amide bonds. The SMILES string of the molecule is Fc1ccc(NCc2nn3c(C(=S)Nc4ccc(F)cc4)c(-c4ccccc4)c4c3n2CCCC4)cc1. The Bertz CT molecular complexity index is 1570. The van der Waals surface area contributed by atoms with Crippen molar-refractivity contribution >= 4 is 34.2 Å². The van der Waals surface area contributed by atoms with Gasteiger partial charge in [-0.1, -0.05) is 42.5 Å². The van der Waals surface area contributed by atoms with Crippen molar-refractivity contribution in [3.05, 3.63) is 108 Å². The number of hydrogen-bond acceptors (Lipinski definition) is 3. The topological polar surface area (TPSA) is 46.3 Å². The van der Waals surface area contributed by atoms with Crippen LogP contribution in [-0.2, 0) is 19.5 Å². The summed E-state index contributed by atoms with van der Waals surface area (Å²) in [6.07, 6.45) is 3.03. The normalized spacial score (nSPS) is 12.9. The van der Waals surface area contributed by atoms with Crippen LogP contribution in [0.25, 0.3) is 16.8 Å². The third-order valence-electron chi connectivity index (χ3n) is 6.74. The van der Waals surface area contributed by atoms with Gasteiger partial charge in [-0.3, -0.25) is 0 Å². The fourth-order valence-corrected chi connectivity index (χ4v) is 5.34. The van der Waals surface area contributed by atoms with Gasteiger partial charge < -0.3 is 15.2 Å². The molecule has 3 heterocycles. The number of thiocarbonyl (C=S) groups is 1. The van der Waals surface area contributed by atoms with E-state index in [1.54, 1.807) is 24.3 Å². The lowest BCUT2D eigenvalue weighted by atomic mass is 9.98. The molecule has 0 aliphatic carbocycles. The highest BCUT2D eigenvalue weighted by atomic mass is 32.1. The average Bonchev–Trinajstić information content (AvgIpc) is 3.32. The Morgan fingerprint density at radius 3 is 2.24 bits per heavy atom. The van der Waals surface area contributed by atoms with Crippen LogP contribution in [0.4, 0.5) is 20.2 Å². The van der Waals surface area contributed by atoms with Gasteiger partial charge in [0.1, 0.15) is 28.0 Å². The number of anilines is 2. The van der Waals surface area contributed by atoms with E-state index in [0.29, 0.717) is 17.2 Å². The summed E-state index contributed by atoms with van der Waals surface area (Å²) in [7, 11) is 0. The van der Waals surface area contributed by atoms with Gasteiger partial charge in [-0.05, 0) is 73.4 Å². The molecular weight excluding hydrogens is 488 g/mol. The molecule has 6 rings (SSSR count). The Morgan fingerprint density at radius 2 is 1.54 bits per heavy atom. The molecule has 8 heteroatoms. The summed E-state index contributed by atoms with van der Waals surface area (Å²) in [6.45, 7) is 1.35. The van der Waals surface area contributed by atoms with Gasteiger partial charge in [-0.25, -0.2) is 13.3 Å². The molecule has 0 saturated carbocycles. The van der Waals surface area contributed by atoms with Crippen molar-refractivity contribution in [3.8, 4) is 11.1 Å². The molecule has 2 N–H and O–H groups in total. The first-order valence-electron chi connectivity index (χ1n) is 12.3. The van der Waals surface area contributed by atoms with Crippen molar-refractivity contribution in [2.75, 3.05) is 10.6 Å². The van der Waals surface area contributed by atoms with Crippen LogP contribution < -0.4 is 10.6 Å². The second-order valence-electron chi connectivity index (χ2n) is 9.15. The van der Waals surface area contributed by atoms with E-state index in [4.69, 9.17) is 17.3 Å². The molecule has 0 saturated heterocycles. The second-order valence-corrected chi connectivity index (χ2v) is 9.56. The van der Waals surface area contributed by atoms with E-state index >= 15 is 0 Å². The molecule has 5 aromatic rings. The number of rotatable bonds is 6. The molecule has 5 nitrogen and oxygen atoms in total. The van der Waals surface area contributed by atoms with Gasteiger partial charge in [-0.2, -0.15) is 5.10 Å². The van der Waals surface area contributed by atoms with Crippen LogP contribution in [0.2, 0.25) is 0 Å². The molecule has 0 bridgehead atoms. The number of nitrogens with zero attached hydrogens (tertiary/aromatic N) is 3. The van der Waals surface area contributed by atoms with Gasteiger partial charge in [0, 0.05) is 29.0 Å². The molecule has 0 fully saturated rings. The molecule has 37 heavy (non-hydrogen) atoms. The van der Waals surface area contributed by atoms with Gasteiger partial charge in [-0.15, -0.1) is 0 Å². The van der Waals surface area contributed by atoms with E-state index in [0.717, 1.165) is 59.8 Å². The Kier molecular flexibility index (Phi) is 6.18. The van der Waals surface area contributed by atoms with Crippen molar-refractivity contribution in [3.63, 3.8) is 0 Å². The van der Waals surface area contributed by atoms with Gasteiger partial charge in [0.15, 0.2) is 5.82 Å². The maximum atomic E-state index is 13.5. The first kappa shape index (κ1) is 23.4. The molecule has 1 aliphatic rings. The standard InChI is InChI=1S/C29H25F2N5S/c30-20-9-13-22(14-10-20)32-18-25-34-36-27(28(37)33-23-15-11-21(31)12-16-23)26(19-6-2-1-3-7-19)24-8-4-5-17-35(25)29(24)36/h1-3,6-7,9-16,32H,4-5,8,17-18H2,(H,33,37). The van der Waals surface area contributed by atoms with Crippen LogP contribution in [0.5, 0.6) is 0 Å². The van der Waals surface area contributed by atoms with Gasteiger partial charge in [0.25, 0.3) is 0 Å². The predicted molar refractivity (Wildman–Crippen MR) is 147 cm³/mol. The first-order valence-corrected chi connectivity index (χ1v) is 12.7. The molecule has 0 spiro atoms. The molecule has 186 valence electrons. The third-order valence-corrected chi connectivity index (χ3v) is 7.03. The van der Waals surface area contributed by atoms with Crippen LogP contribution in [-0.4, -0.2) is 19.2 Å². The number of benzene rings is 3. The van der Waals surface area contributed by atoms with E-state index in [1.165, 1.54) is 29.8 Å². The summed E-state index contributed by atoms with van der Waals surface area (Å²) in [6, 6.07) is 22.8. The van der Waals surface area contributed by atoms with Crippen LogP contribution in [0, 0.1) is 11.6 Å². The summed E-state index contributed by atoms with van der Waals surface area (Å²) < 4.78 is 31.1. The maximum Gasteiger partial charge on any atom is 0.150 e.